The molecule has 2 atom stereocenters. The predicted octanol–water partition coefficient (Wildman–Crippen LogP) is 4.30. The zero-order chi connectivity index (χ0) is 28.6. The number of sulfonamides is 1. The molecule has 1 aromatic heterocycles. The van der Waals surface area contributed by atoms with Gasteiger partial charge in [-0.05, 0) is 57.2 Å². The topological polar surface area (TPSA) is 144 Å². The number of carbonyl (C=O) groups is 1. The van der Waals surface area contributed by atoms with Crippen molar-refractivity contribution in [1.29, 1.82) is 0 Å². The van der Waals surface area contributed by atoms with Crippen LogP contribution in [0.2, 0.25) is 10.0 Å². The van der Waals surface area contributed by atoms with Crippen molar-refractivity contribution in [3.63, 3.8) is 0 Å². The second-order valence-corrected chi connectivity index (χ2v) is 12.2. The molecule has 0 aliphatic carbocycles. The molecule has 0 amide bonds. The van der Waals surface area contributed by atoms with Crippen LogP contribution in [0.25, 0.3) is 0 Å². The summed E-state index contributed by atoms with van der Waals surface area (Å²) in [6, 6.07) is 11.8. The fourth-order valence-corrected chi connectivity index (χ4v) is 5.73. The van der Waals surface area contributed by atoms with E-state index in [4.69, 9.17) is 42.2 Å². The highest BCUT2D eigenvalue weighted by molar-refractivity contribution is 7.89. The van der Waals surface area contributed by atoms with Crippen LogP contribution in [0.3, 0.4) is 0 Å². The number of furan rings is 1. The van der Waals surface area contributed by atoms with Crippen LogP contribution in [-0.4, -0.2) is 49.3 Å². The number of morpholine rings is 1. The van der Waals surface area contributed by atoms with E-state index in [-0.39, 0.29) is 36.2 Å². The Hall–Kier alpha value is -2.64. The van der Waals surface area contributed by atoms with Gasteiger partial charge in [0.1, 0.15) is 17.4 Å². The van der Waals surface area contributed by atoms with Crippen molar-refractivity contribution in [2.75, 3.05) is 18.7 Å². The summed E-state index contributed by atoms with van der Waals surface area (Å²) in [5.41, 5.74) is -0.0667. The first-order valence-corrected chi connectivity index (χ1v) is 14.2. The zero-order valence-corrected chi connectivity index (χ0v) is 23.8. The van der Waals surface area contributed by atoms with Crippen molar-refractivity contribution >= 4 is 44.9 Å². The largest absolute Gasteiger partial charge is 0.467 e. The number of aliphatic hydroxyl groups is 1. The number of primary sulfonamides is 1. The average Bonchev–Trinajstić information content (AvgIpc) is 3.38. The summed E-state index contributed by atoms with van der Waals surface area (Å²) in [4.78, 5) is 14.7. The third-order valence-electron chi connectivity index (χ3n) is 6.66. The lowest BCUT2D eigenvalue weighted by atomic mass is 9.90. The number of nitrogens with one attached hydrogen (secondary N) is 1. The summed E-state index contributed by atoms with van der Waals surface area (Å²) in [6.07, 6.45) is 1.50. The SMILES string of the molecule is C[C@@H]1N(COC(=O)c2cc(S(N)(=O)=O)c(Cl)cc2NCc2ccco2)C(C)(C)CO[C@@]1(O)c1cccc(Cl)c1. The summed E-state index contributed by atoms with van der Waals surface area (Å²) in [7, 11) is -4.23. The molecule has 0 bridgehead atoms. The summed E-state index contributed by atoms with van der Waals surface area (Å²) >= 11 is 12.3. The number of hydrogen-bond donors (Lipinski definition) is 3. The van der Waals surface area contributed by atoms with Gasteiger partial charge in [-0.25, -0.2) is 18.4 Å². The molecule has 10 nitrogen and oxygen atoms in total. The first-order valence-electron chi connectivity index (χ1n) is 11.9. The minimum Gasteiger partial charge on any atom is -0.467 e. The van der Waals surface area contributed by atoms with Crippen LogP contribution in [0.4, 0.5) is 5.69 Å². The molecule has 0 saturated carbocycles. The Balaban J connectivity index is 1.61. The second kappa shape index (κ2) is 11.1. The summed E-state index contributed by atoms with van der Waals surface area (Å²) in [6.45, 7) is 5.57. The van der Waals surface area contributed by atoms with Crippen LogP contribution in [0.15, 0.2) is 64.1 Å². The highest BCUT2D eigenvalue weighted by Crippen LogP contribution is 2.39. The lowest BCUT2D eigenvalue weighted by Crippen LogP contribution is -2.65. The number of esters is 1. The maximum absolute atomic E-state index is 13.4. The summed E-state index contributed by atoms with van der Waals surface area (Å²) in [5.74, 6) is -1.99. The molecule has 4 rings (SSSR count). The van der Waals surface area contributed by atoms with E-state index in [2.05, 4.69) is 5.32 Å². The molecule has 39 heavy (non-hydrogen) atoms. The summed E-state index contributed by atoms with van der Waals surface area (Å²) < 4.78 is 41.1. The molecule has 1 saturated heterocycles. The Morgan fingerprint density at radius 2 is 1.97 bits per heavy atom. The molecule has 1 fully saturated rings. The van der Waals surface area contributed by atoms with Gasteiger partial charge in [0, 0.05) is 16.1 Å². The van der Waals surface area contributed by atoms with Crippen LogP contribution < -0.4 is 10.5 Å². The monoisotopic (exact) mass is 597 g/mol. The smallest absolute Gasteiger partial charge is 0.341 e. The standard InChI is InChI=1S/C26H29Cl2N3O7S/c1-16-26(33,17-6-4-7-18(27)10-17)38-14-25(2,3)31(16)15-37-24(32)20-11-23(39(29,34)35)21(28)12-22(20)30-13-19-8-5-9-36-19/h4-12,16,30,33H,13-15H2,1-3H3,(H2,29,34,35)/t16-,26+/m0/s1. The lowest BCUT2D eigenvalue weighted by molar-refractivity contribution is -0.309. The Labute approximate surface area is 236 Å². The van der Waals surface area contributed by atoms with Crippen molar-refractivity contribution in [2.24, 2.45) is 5.14 Å². The Bertz CT molecular complexity index is 1460. The quantitative estimate of drug-likeness (QED) is 0.323. The number of benzene rings is 2. The number of carbonyl (C=O) groups excluding carboxylic acids is 1. The van der Waals surface area contributed by atoms with Gasteiger partial charge >= 0.3 is 5.97 Å². The average molecular weight is 599 g/mol. The zero-order valence-electron chi connectivity index (χ0n) is 21.5. The first-order chi connectivity index (χ1) is 18.2. The van der Waals surface area contributed by atoms with Gasteiger partial charge in [0.15, 0.2) is 0 Å². The van der Waals surface area contributed by atoms with Crippen LogP contribution in [0.1, 0.15) is 42.5 Å². The maximum Gasteiger partial charge on any atom is 0.341 e. The number of ether oxygens (including phenoxy) is 2. The van der Waals surface area contributed by atoms with Crippen molar-refractivity contribution in [3.05, 3.63) is 81.7 Å². The molecule has 0 unspecified atom stereocenters. The molecular weight excluding hydrogens is 569 g/mol. The van der Waals surface area contributed by atoms with Crippen molar-refractivity contribution < 1.29 is 32.2 Å². The van der Waals surface area contributed by atoms with Gasteiger partial charge in [-0.2, -0.15) is 0 Å². The molecule has 1 aliphatic rings. The highest BCUT2D eigenvalue weighted by Gasteiger charge is 2.50. The van der Waals surface area contributed by atoms with E-state index < -0.39 is 38.3 Å². The molecule has 4 N–H and O–H groups in total. The fraction of sp³-hybridized carbons (Fsp3) is 0.346. The number of halogens is 2. The van der Waals surface area contributed by atoms with Crippen molar-refractivity contribution in [1.82, 2.24) is 4.90 Å². The fourth-order valence-electron chi connectivity index (χ4n) is 4.44. The van der Waals surface area contributed by atoms with E-state index in [1.54, 1.807) is 48.2 Å². The maximum atomic E-state index is 13.4. The van der Waals surface area contributed by atoms with Crippen LogP contribution in [0, 0.1) is 0 Å². The van der Waals surface area contributed by atoms with E-state index in [0.29, 0.717) is 16.3 Å². The molecule has 0 spiro atoms. The van der Waals surface area contributed by atoms with E-state index in [9.17, 15) is 18.3 Å². The van der Waals surface area contributed by atoms with Gasteiger partial charge in [0.25, 0.3) is 0 Å². The van der Waals surface area contributed by atoms with Crippen LogP contribution in [0.5, 0.6) is 0 Å². The normalized spacial score (nSPS) is 21.5. The minimum absolute atomic E-state index is 0.0983. The summed E-state index contributed by atoms with van der Waals surface area (Å²) in [5, 5.41) is 20.1. The Kier molecular flexibility index (Phi) is 8.34. The number of rotatable bonds is 8. The number of anilines is 1. The van der Waals surface area contributed by atoms with Gasteiger partial charge < -0.3 is 24.3 Å². The third kappa shape index (κ3) is 6.25. The minimum atomic E-state index is -4.23. The lowest BCUT2D eigenvalue weighted by Gasteiger charge is -2.52. The number of nitrogens with two attached hydrogens (primary N) is 1. The van der Waals surface area contributed by atoms with E-state index in [0.717, 1.165) is 6.07 Å². The number of nitrogens with zero attached hydrogens (tertiary/aromatic N) is 1. The van der Waals surface area contributed by atoms with Gasteiger partial charge in [-0.3, -0.25) is 4.90 Å². The molecule has 1 aliphatic heterocycles. The van der Waals surface area contributed by atoms with Crippen molar-refractivity contribution in [3.8, 4) is 0 Å². The Morgan fingerprint density at radius 3 is 2.62 bits per heavy atom. The molecule has 2 heterocycles. The molecule has 210 valence electrons. The van der Waals surface area contributed by atoms with E-state index >= 15 is 0 Å². The molecule has 13 heteroatoms. The van der Waals surface area contributed by atoms with Gasteiger partial charge in [0.05, 0.1) is 41.7 Å². The van der Waals surface area contributed by atoms with Crippen molar-refractivity contribution in [2.45, 2.75) is 49.6 Å². The third-order valence-corrected chi connectivity index (χ3v) is 8.27. The van der Waals surface area contributed by atoms with Gasteiger partial charge in [-0.15, -0.1) is 0 Å². The van der Waals surface area contributed by atoms with E-state index in [1.165, 1.54) is 12.3 Å². The first kappa shape index (κ1) is 29.3. The van der Waals surface area contributed by atoms with Crippen LogP contribution in [-0.2, 0) is 31.8 Å². The second-order valence-electron chi connectivity index (χ2n) is 9.82. The van der Waals surface area contributed by atoms with Crippen LogP contribution >= 0.6 is 23.2 Å². The highest BCUT2D eigenvalue weighted by atomic mass is 35.5. The van der Waals surface area contributed by atoms with E-state index in [1.807, 2.05) is 13.8 Å². The molecule has 0 radical (unpaired) electrons. The van der Waals surface area contributed by atoms with Gasteiger partial charge in [0.2, 0.25) is 15.8 Å². The molecular formula is C26H29Cl2N3O7S. The van der Waals surface area contributed by atoms with Gasteiger partial charge in [-0.1, -0.05) is 35.3 Å². The molecule has 3 aromatic rings. The predicted molar refractivity (Wildman–Crippen MR) is 146 cm³/mol. The number of hydrogen-bond acceptors (Lipinski definition) is 9. The Morgan fingerprint density at radius 1 is 1.23 bits per heavy atom. The molecule has 2 aromatic carbocycles.